The highest BCUT2D eigenvalue weighted by atomic mass is 35.5. The van der Waals surface area contributed by atoms with E-state index in [1.165, 1.54) is 46.9 Å². The van der Waals surface area contributed by atoms with Gasteiger partial charge >= 0.3 is 12.8 Å². The predicted molar refractivity (Wildman–Crippen MR) is 133 cm³/mol. The Hall–Kier alpha value is -3.97. The Balaban J connectivity index is 1.70. The number of benzene rings is 1. The van der Waals surface area contributed by atoms with Crippen molar-refractivity contribution in [3.63, 3.8) is 0 Å². The molecule has 3 aromatic heterocycles. The third-order valence-corrected chi connectivity index (χ3v) is 5.87. The largest absolute Gasteiger partial charge is 0.458 e. The van der Waals surface area contributed by atoms with Gasteiger partial charge in [0.05, 0.1) is 22.0 Å². The fourth-order valence-corrected chi connectivity index (χ4v) is 4.24. The number of aromatic nitrogens is 3. The first-order valence-electron chi connectivity index (χ1n) is 10.5. The molecule has 0 spiro atoms. The standard InChI is InChI=1S/C24H16ClF5N4O3S/c1-12(2)36-19-13(4-3-5-17(19)37-22(26)27)6-7-16-18(34-8-9-38-23(34)32-16)21(35)33-20-15(25)10-14(11-31-20)24(28,29)30/h3-11,22H,1H2,2H3,(H,31,33,35). The van der Waals surface area contributed by atoms with Crippen molar-refractivity contribution in [1.29, 1.82) is 0 Å². The Morgan fingerprint density at radius 2 is 2.05 bits per heavy atom. The molecule has 0 atom stereocenters. The van der Waals surface area contributed by atoms with E-state index in [0.717, 1.165) is 0 Å². The van der Waals surface area contributed by atoms with Gasteiger partial charge in [0.1, 0.15) is 5.69 Å². The summed E-state index contributed by atoms with van der Waals surface area (Å²) >= 11 is 7.16. The number of pyridine rings is 1. The van der Waals surface area contributed by atoms with Crippen LogP contribution in [0.3, 0.4) is 0 Å². The van der Waals surface area contributed by atoms with E-state index >= 15 is 0 Å². The van der Waals surface area contributed by atoms with E-state index in [9.17, 15) is 26.7 Å². The molecular weight excluding hydrogens is 555 g/mol. The van der Waals surface area contributed by atoms with Crippen molar-refractivity contribution >= 4 is 51.8 Å². The fraction of sp³-hybridized carbons (Fsp3) is 0.125. The Labute approximate surface area is 220 Å². The average molecular weight is 571 g/mol. The van der Waals surface area contributed by atoms with Crippen LogP contribution in [0.5, 0.6) is 11.5 Å². The molecular formula is C24H16ClF5N4O3S. The molecule has 1 amide bonds. The van der Waals surface area contributed by atoms with Crippen LogP contribution in [0, 0.1) is 0 Å². The number of fused-ring (bicyclic) bond motifs is 1. The summed E-state index contributed by atoms with van der Waals surface area (Å²) in [5, 5.41) is 3.67. The number of halogens is 6. The molecule has 14 heteroatoms. The molecule has 0 unspecified atom stereocenters. The lowest BCUT2D eigenvalue weighted by molar-refractivity contribution is -0.137. The Morgan fingerprint density at radius 3 is 2.71 bits per heavy atom. The molecule has 198 valence electrons. The summed E-state index contributed by atoms with van der Waals surface area (Å²) in [6, 6.07) is 4.99. The van der Waals surface area contributed by atoms with E-state index in [0.29, 0.717) is 22.8 Å². The van der Waals surface area contributed by atoms with E-state index in [-0.39, 0.29) is 34.5 Å². The molecule has 4 aromatic rings. The van der Waals surface area contributed by atoms with Crippen LogP contribution < -0.4 is 14.8 Å². The highest BCUT2D eigenvalue weighted by Gasteiger charge is 2.32. The number of anilines is 1. The number of ether oxygens (including phenoxy) is 2. The van der Waals surface area contributed by atoms with Crippen LogP contribution in [0.15, 0.2) is 54.4 Å². The first-order chi connectivity index (χ1) is 17.9. The number of allylic oxidation sites excluding steroid dienone is 1. The topological polar surface area (TPSA) is 77.8 Å². The molecule has 7 nitrogen and oxygen atoms in total. The molecule has 0 fully saturated rings. The summed E-state index contributed by atoms with van der Waals surface area (Å²) < 4.78 is 76.1. The second kappa shape index (κ2) is 10.8. The molecule has 0 aliphatic rings. The van der Waals surface area contributed by atoms with Gasteiger partial charge in [0.15, 0.2) is 22.3 Å². The van der Waals surface area contributed by atoms with Gasteiger partial charge in [0, 0.05) is 23.3 Å². The number of rotatable bonds is 8. The zero-order chi connectivity index (χ0) is 27.6. The molecule has 0 aliphatic heterocycles. The van der Waals surface area contributed by atoms with E-state index < -0.39 is 29.3 Å². The summed E-state index contributed by atoms with van der Waals surface area (Å²) in [6.45, 7) is 2.05. The summed E-state index contributed by atoms with van der Waals surface area (Å²) in [7, 11) is 0. The summed E-state index contributed by atoms with van der Waals surface area (Å²) in [5.41, 5.74) is -0.558. The Bertz CT molecular complexity index is 1550. The van der Waals surface area contributed by atoms with E-state index in [2.05, 4.69) is 26.6 Å². The van der Waals surface area contributed by atoms with Crippen LogP contribution in [0.4, 0.5) is 27.8 Å². The van der Waals surface area contributed by atoms with Crippen LogP contribution in [0.2, 0.25) is 5.02 Å². The molecule has 0 aliphatic carbocycles. The van der Waals surface area contributed by atoms with Gasteiger partial charge in [-0.1, -0.05) is 30.3 Å². The number of alkyl halides is 5. The summed E-state index contributed by atoms with van der Waals surface area (Å²) in [6.07, 6.45) is 0.395. The molecule has 3 heterocycles. The normalized spacial score (nSPS) is 11.9. The molecule has 0 saturated carbocycles. The molecule has 0 radical (unpaired) electrons. The quantitative estimate of drug-likeness (QED) is 0.176. The molecule has 1 N–H and O–H groups in total. The molecule has 0 bridgehead atoms. The van der Waals surface area contributed by atoms with Crippen molar-refractivity contribution in [3.8, 4) is 11.5 Å². The second-order valence-electron chi connectivity index (χ2n) is 7.60. The van der Waals surface area contributed by atoms with Crippen LogP contribution in [0.25, 0.3) is 17.1 Å². The maximum Gasteiger partial charge on any atom is 0.417 e. The first-order valence-corrected chi connectivity index (χ1v) is 11.8. The predicted octanol–water partition coefficient (Wildman–Crippen LogP) is 7.40. The van der Waals surface area contributed by atoms with Gasteiger partial charge in [-0.25, -0.2) is 9.97 Å². The SMILES string of the molecule is C=C(C)Oc1c(C=Cc2nc3sccn3c2C(=O)Nc2ncc(C(F)(F)F)cc2Cl)cccc1OC(F)F. The minimum absolute atomic E-state index is 0.0238. The Kier molecular flexibility index (Phi) is 7.69. The molecule has 1 aromatic carbocycles. The number of imidazole rings is 1. The van der Waals surface area contributed by atoms with Crippen molar-refractivity contribution in [3.05, 3.63) is 81.9 Å². The lowest BCUT2D eigenvalue weighted by Gasteiger charge is -2.14. The van der Waals surface area contributed by atoms with E-state index in [1.807, 2.05) is 0 Å². The zero-order valence-corrected chi connectivity index (χ0v) is 20.8. The second-order valence-corrected chi connectivity index (χ2v) is 8.88. The van der Waals surface area contributed by atoms with Gasteiger partial charge in [-0.3, -0.25) is 9.20 Å². The monoisotopic (exact) mass is 570 g/mol. The van der Waals surface area contributed by atoms with Crippen molar-refractivity contribution in [2.24, 2.45) is 0 Å². The number of carbonyl (C=O) groups is 1. The van der Waals surface area contributed by atoms with Crippen LogP contribution in [-0.4, -0.2) is 26.9 Å². The summed E-state index contributed by atoms with van der Waals surface area (Å²) in [5.74, 6) is -1.06. The molecule has 4 rings (SSSR count). The maximum atomic E-state index is 13.2. The third kappa shape index (κ3) is 5.94. The number of thiazole rings is 1. The van der Waals surface area contributed by atoms with E-state index in [4.69, 9.17) is 16.3 Å². The van der Waals surface area contributed by atoms with Crippen LogP contribution >= 0.6 is 22.9 Å². The van der Waals surface area contributed by atoms with Gasteiger partial charge in [0.2, 0.25) is 0 Å². The third-order valence-electron chi connectivity index (χ3n) is 4.83. The number of hydrogen-bond donors (Lipinski definition) is 1. The maximum absolute atomic E-state index is 13.2. The Morgan fingerprint density at radius 1 is 1.29 bits per heavy atom. The lowest BCUT2D eigenvalue weighted by atomic mass is 10.1. The highest BCUT2D eigenvalue weighted by molar-refractivity contribution is 7.15. The number of hydrogen-bond acceptors (Lipinski definition) is 6. The van der Waals surface area contributed by atoms with Gasteiger partial charge < -0.3 is 14.8 Å². The highest BCUT2D eigenvalue weighted by Crippen LogP contribution is 2.36. The van der Waals surface area contributed by atoms with Crippen molar-refractivity contribution in [2.75, 3.05) is 5.32 Å². The number of amides is 1. The van der Waals surface area contributed by atoms with E-state index in [1.54, 1.807) is 17.6 Å². The zero-order valence-electron chi connectivity index (χ0n) is 19.2. The van der Waals surface area contributed by atoms with Gasteiger partial charge in [-0.15, -0.1) is 11.3 Å². The number of carbonyl (C=O) groups excluding carboxylic acids is 1. The fourth-order valence-electron chi connectivity index (χ4n) is 3.30. The van der Waals surface area contributed by atoms with Crippen LogP contribution in [-0.2, 0) is 6.18 Å². The smallest absolute Gasteiger partial charge is 0.417 e. The molecule has 38 heavy (non-hydrogen) atoms. The van der Waals surface area contributed by atoms with Gasteiger partial charge in [-0.2, -0.15) is 22.0 Å². The number of nitrogens with one attached hydrogen (secondary N) is 1. The van der Waals surface area contributed by atoms with Gasteiger partial charge in [-0.05, 0) is 31.2 Å². The van der Waals surface area contributed by atoms with Crippen molar-refractivity contribution in [2.45, 2.75) is 19.7 Å². The first kappa shape index (κ1) is 27.1. The van der Waals surface area contributed by atoms with Crippen molar-refractivity contribution in [1.82, 2.24) is 14.4 Å². The lowest BCUT2D eigenvalue weighted by Crippen LogP contribution is -2.17. The van der Waals surface area contributed by atoms with Gasteiger partial charge in [0.25, 0.3) is 5.91 Å². The van der Waals surface area contributed by atoms with Crippen LogP contribution in [0.1, 0.15) is 34.2 Å². The minimum Gasteiger partial charge on any atom is -0.458 e. The average Bonchev–Trinajstić information content (AvgIpc) is 3.40. The van der Waals surface area contributed by atoms with Crippen molar-refractivity contribution < 1.29 is 36.2 Å². The number of nitrogens with zero attached hydrogens (tertiary/aromatic N) is 3. The molecule has 0 saturated heterocycles. The minimum atomic E-state index is -4.66. The summed E-state index contributed by atoms with van der Waals surface area (Å²) in [4.78, 5) is 21.7. The number of para-hydroxylation sites is 1.